The number of hydrogen-bond donors (Lipinski definition) is 2. The Labute approximate surface area is 163 Å². The van der Waals surface area contributed by atoms with Crippen LogP contribution in [-0.2, 0) is 11.2 Å². The SMILES string of the molecule is CCOc1cc(OCC)c(CCCC(C)CC(CN)C(=O)O)c(OCC)c1. The molecule has 0 amide bonds. The van der Waals surface area contributed by atoms with Crippen LogP contribution in [0.15, 0.2) is 12.1 Å². The van der Waals surface area contributed by atoms with E-state index in [1.165, 1.54) is 0 Å². The molecule has 0 fully saturated rings. The Morgan fingerprint density at radius 2 is 1.63 bits per heavy atom. The summed E-state index contributed by atoms with van der Waals surface area (Å²) in [6.45, 7) is 9.85. The van der Waals surface area contributed by atoms with Gasteiger partial charge in [-0.2, -0.15) is 0 Å². The van der Waals surface area contributed by atoms with Crippen molar-refractivity contribution in [2.45, 2.75) is 53.4 Å². The van der Waals surface area contributed by atoms with Crippen molar-refractivity contribution in [2.24, 2.45) is 17.6 Å². The molecule has 3 N–H and O–H groups in total. The molecule has 2 atom stereocenters. The van der Waals surface area contributed by atoms with Gasteiger partial charge in [-0.3, -0.25) is 4.79 Å². The molecular formula is C21H35NO5. The number of aliphatic carboxylic acids is 1. The molecule has 6 nitrogen and oxygen atoms in total. The van der Waals surface area contributed by atoms with Gasteiger partial charge in [-0.25, -0.2) is 0 Å². The van der Waals surface area contributed by atoms with E-state index >= 15 is 0 Å². The van der Waals surface area contributed by atoms with Gasteiger partial charge in [-0.05, 0) is 46.0 Å². The lowest BCUT2D eigenvalue weighted by Gasteiger charge is -2.19. The van der Waals surface area contributed by atoms with Crippen molar-refractivity contribution < 1.29 is 24.1 Å². The highest BCUT2D eigenvalue weighted by Gasteiger charge is 2.19. The first-order chi connectivity index (χ1) is 13.0. The maximum absolute atomic E-state index is 11.2. The van der Waals surface area contributed by atoms with Crippen LogP contribution >= 0.6 is 0 Å². The van der Waals surface area contributed by atoms with Crippen LogP contribution in [0.4, 0.5) is 0 Å². The van der Waals surface area contributed by atoms with Crippen molar-refractivity contribution in [3.8, 4) is 17.2 Å². The Hall–Kier alpha value is -1.95. The molecule has 0 aromatic heterocycles. The van der Waals surface area contributed by atoms with Crippen LogP contribution < -0.4 is 19.9 Å². The second-order valence-corrected chi connectivity index (χ2v) is 6.70. The molecule has 0 heterocycles. The van der Waals surface area contributed by atoms with E-state index in [1.54, 1.807) is 0 Å². The fourth-order valence-corrected chi connectivity index (χ4v) is 3.19. The summed E-state index contributed by atoms with van der Waals surface area (Å²) in [5, 5.41) is 9.16. The van der Waals surface area contributed by atoms with Crippen molar-refractivity contribution in [1.82, 2.24) is 0 Å². The van der Waals surface area contributed by atoms with E-state index in [1.807, 2.05) is 32.9 Å². The summed E-state index contributed by atoms with van der Waals surface area (Å²) in [5.41, 5.74) is 6.61. The minimum atomic E-state index is -0.812. The summed E-state index contributed by atoms with van der Waals surface area (Å²) in [6, 6.07) is 3.84. The van der Waals surface area contributed by atoms with Crippen LogP contribution in [0, 0.1) is 11.8 Å². The highest BCUT2D eigenvalue weighted by atomic mass is 16.5. The van der Waals surface area contributed by atoms with E-state index in [4.69, 9.17) is 25.1 Å². The number of carboxylic acid groups (broad SMARTS) is 1. The minimum absolute atomic E-state index is 0.182. The van der Waals surface area contributed by atoms with E-state index in [-0.39, 0.29) is 6.54 Å². The van der Waals surface area contributed by atoms with E-state index in [9.17, 15) is 4.79 Å². The Bertz CT molecular complexity index is 549. The van der Waals surface area contributed by atoms with Crippen molar-refractivity contribution >= 4 is 5.97 Å². The van der Waals surface area contributed by atoms with Gasteiger partial charge in [0.2, 0.25) is 0 Å². The lowest BCUT2D eigenvalue weighted by molar-refractivity contribution is -0.141. The molecule has 0 radical (unpaired) electrons. The average Bonchev–Trinajstić information content (AvgIpc) is 2.62. The Kier molecular flexibility index (Phi) is 10.6. The van der Waals surface area contributed by atoms with Crippen LogP contribution in [0.25, 0.3) is 0 Å². The molecule has 0 aliphatic heterocycles. The van der Waals surface area contributed by atoms with Gasteiger partial charge in [0.15, 0.2) is 0 Å². The predicted octanol–water partition coefficient (Wildman–Crippen LogP) is 3.89. The van der Waals surface area contributed by atoms with Crippen molar-refractivity contribution in [3.63, 3.8) is 0 Å². The second kappa shape index (κ2) is 12.4. The zero-order valence-electron chi connectivity index (χ0n) is 17.1. The lowest BCUT2D eigenvalue weighted by Crippen LogP contribution is -2.25. The smallest absolute Gasteiger partial charge is 0.307 e. The average molecular weight is 382 g/mol. The van der Waals surface area contributed by atoms with E-state index in [0.29, 0.717) is 32.2 Å². The van der Waals surface area contributed by atoms with Crippen LogP contribution in [0.2, 0.25) is 0 Å². The Morgan fingerprint density at radius 1 is 1.07 bits per heavy atom. The van der Waals surface area contributed by atoms with E-state index in [2.05, 4.69) is 6.92 Å². The Balaban J connectivity index is 2.83. The lowest BCUT2D eigenvalue weighted by atomic mass is 9.91. The molecule has 27 heavy (non-hydrogen) atoms. The fourth-order valence-electron chi connectivity index (χ4n) is 3.19. The topological polar surface area (TPSA) is 91.0 Å². The molecule has 0 aliphatic rings. The molecule has 0 saturated carbocycles. The Morgan fingerprint density at radius 3 is 2.07 bits per heavy atom. The van der Waals surface area contributed by atoms with Crippen molar-refractivity contribution in [3.05, 3.63) is 17.7 Å². The zero-order valence-corrected chi connectivity index (χ0v) is 17.1. The summed E-state index contributed by atoms with van der Waals surface area (Å²) in [7, 11) is 0. The maximum Gasteiger partial charge on any atom is 0.307 e. The largest absolute Gasteiger partial charge is 0.494 e. The second-order valence-electron chi connectivity index (χ2n) is 6.70. The summed E-state index contributed by atoms with van der Waals surface area (Å²) in [4.78, 5) is 11.2. The number of ether oxygens (including phenoxy) is 3. The number of hydrogen-bond acceptors (Lipinski definition) is 5. The molecule has 2 unspecified atom stereocenters. The van der Waals surface area contributed by atoms with Gasteiger partial charge in [-0.15, -0.1) is 0 Å². The molecule has 154 valence electrons. The first-order valence-electron chi connectivity index (χ1n) is 9.94. The number of carbonyl (C=O) groups is 1. The van der Waals surface area contributed by atoms with Gasteiger partial charge in [0.1, 0.15) is 17.2 Å². The third-order valence-corrected chi connectivity index (χ3v) is 4.50. The standard InChI is InChI=1S/C21H35NO5/c1-5-25-17-12-19(26-6-2)18(20(13-17)27-7-3)10-8-9-15(4)11-16(14-22)21(23)24/h12-13,15-16H,5-11,14,22H2,1-4H3,(H,23,24). The zero-order chi connectivity index (χ0) is 20.2. The molecule has 0 saturated heterocycles. The summed E-state index contributed by atoms with van der Waals surface area (Å²) >= 11 is 0. The molecule has 6 heteroatoms. The monoisotopic (exact) mass is 381 g/mol. The summed E-state index contributed by atoms with van der Waals surface area (Å²) in [5.74, 6) is 1.35. The van der Waals surface area contributed by atoms with Crippen molar-refractivity contribution in [1.29, 1.82) is 0 Å². The predicted molar refractivity (Wildman–Crippen MR) is 107 cm³/mol. The quantitative estimate of drug-likeness (QED) is 0.508. The van der Waals surface area contributed by atoms with Gasteiger partial charge in [-0.1, -0.05) is 13.3 Å². The molecule has 1 aromatic rings. The number of nitrogens with two attached hydrogens (primary N) is 1. The van der Waals surface area contributed by atoms with Gasteiger partial charge in [0, 0.05) is 24.2 Å². The van der Waals surface area contributed by atoms with Gasteiger partial charge < -0.3 is 25.1 Å². The van der Waals surface area contributed by atoms with E-state index < -0.39 is 11.9 Å². The molecule has 0 aliphatic carbocycles. The molecule has 0 spiro atoms. The molecule has 1 aromatic carbocycles. The van der Waals surface area contributed by atoms with Gasteiger partial charge in [0.25, 0.3) is 0 Å². The van der Waals surface area contributed by atoms with Crippen LogP contribution in [0.5, 0.6) is 17.2 Å². The highest BCUT2D eigenvalue weighted by molar-refractivity contribution is 5.70. The number of benzene rings is 1. The first-order valence-corrected chi connectivity index (χ1v) is 9.94. The highest BCUT2D eigenvalue weighted by Crippen LogP contribution is 2.36. The third-order valence-electron chi connectivity index (χ3n) is 4.50. The molecular weight excluding hydrogens is 346 g/mol. The van der Waals surface area contributed by atoms with Crippen LogP contribution in [0.1, 0.15) is 52.5 Å². The summed E-state index contributed by atoms with van der Waals surface area (Å²) < 4.78 is 17.3. The van der Waals surface area contributed by atoms with Gasteiger partial charge >= 0.3 is 5.97 Å². The third kappa shape index (κ3) is 7.67. The first kappa shape index (κ1) is 23.1. The van der Waals surface area contributed by atoms with Gasteiger partial charge in [0.05, 0.1) is 25.7 Å². The van der Waals surface area contributed by atoms with E-state index in [0.717, 1.165) is 42.1 Å². The summed E-state index contributed by atoms with van der Waals surface area (Å²) in [6.07, 6.45) is 3.26. The van der Waals surface area contributed by atoms with Crippen molar-refractivity contribution in [2.75, 3.05) is 26.4 Å². The maximum atomic E-state index is 11.2. The molecule has 1 rings (SSSR count). The number of rotatable bonds is 14. The molecule has 0 bridgehead atoms. The fraction of sp³-hybridized carbons (Fsp3) is 0.667. The number of carboxylic acids is 1. The minimum Gasteiger partial charge on any atom is -0.494 e. The normalized spacial score (nSPS) is 13.1. The van der Waals surface area contributed by atoms with Crippen LogP contribution in [-0.4, -0.2) is 37.4 Å². The van der Waals surface area contributed by atoms with Crippen LogP contribution in [0.3, 0.4) is 0 Å².